The van der Waals surface area contributed by atoms with Crippen molar-refractivity contribution < 1.29 is 9.90 Å². The van der Waals surface area contributed by atoms with Crippen LogP contribution in [0.3, 0.4) is 0 Å². The van der Waals surface area contributed by atoms with E-state index >= 15 is 0 Å². The van der Waals surface area contributed by atoms with Gasteiger partial charge in [0.05, 0.1) is 0 Å². The fourth-order valence-corrected chi connectivity index (χ4v) is 3.70. The van der Waals surface area contributed by atoms with Gasteiger partial charge in [-0.2, -0.15) is 0 Å². The van der Waals surface area contributed by atoms with Crippen molar-refractivity contribution in [2.45, 2.75) is 5.60 Å². The minimum absolute atomic E-state index is 0.595. The van der Waals surface area contributed by atoms with Gasteiger partial charge < -0.3 is 5.11 Å². The second-order valence-electron chi connectivity index (χ2n) is 5.69. The Labute approximate surface area is 142 Å². The summed E-state index contributed by atoms with van der Waals surface area (Å²) >= 11 is 3.50. The van der Waals surface area contributed by atoms with E-state index in [1.54, 1.807) is 12.1 Å². The molecule has 0 saturated carbocycles. The third kappa shape index (κ3) is 2.01. The molecular formula is C20H13BrO2. The van der Waals surface area contributed by atoms with Crippen molar-refractivity contribution in [1.82, 2.24) is 0 Å². The van der Waals surface area contributed by atoms with Crippen LogP contribution in [-0.4, -0.2) is 11.4 Å². The van der Waals surface area contributed by atoms with Crippen LogP contribution in [0.15, 0.2) is 71.2 Å². The molecule has 0 spiro atoms. The zero-order valence-electron chi connectivity index (χ0n) is 12.2. The molecule has 2 nitrogen and oxygen atoms in total. The first kappa shape index (κ1) is 14.4. The standard InChI is InChI=1S/C20H13BrO2/c21-15-9-10-17-16-3-1-2-4-18(16)20(23,19(17)11-15)14-7-5-13(12-22)6-8-14/h1-12,23H. The Morgan fingerprint density at radius 2 is 1.57 bits per heavy atom. The van der Waals surface area contributed by atoms with E-state index in [0.29, 0.717) is 5.56 Å². The lowest BCUT2D eigenvalue weighted by Gasteiger charge is -2.26. The maximum atomic E-state index is 11.6. The average Bonchev–Trinajstić information content (AvgIpc) is 2.85. The molecule has 1 unspecified atom stereocenters. The van der Waals surface area contributed by atoms with Crippen LogP contribution in [0, 0.1) is 0 Å². The van der Waals surface area contributed by atoms with E-state index in [2.05, 4.69) is 15.9 Å². The second-order valence-corrected chi connectivity index (χ2v) is 6.60. The summed E-state index contributed by atoms with van der Waals surface area (Å²) in [5, 5.41) is 11.6. The summed E-state index contributed by atoms with van der Waals surface area (Å²) in [7, 11) is 0. The molecule has 3 heteroatoms. The molecular weight excluding hydrogens is 352 g/mol. The number of halogens is 1. The molecule has 0 fully saturated rings. The van der Waals surface area contributed by atoms with E-state index in [9.17, 15) is 9.90 Å². The predicted molar refractivity (Wildman–Crippen MR) is 93.5 cm³/mol. The lowest BCUT2D eigenvalue weighted by molar-refractivity contribution is 0.112. The fraction of sp³-hybridized carbons (Fsp3) is 0.0500. The molecule has 0 radical (unpaired) electrons. The van der Waals surface area contributed by atoms with E-state index in [1.165, 1.54) is 0 Å². The molecule has 0 heterocycles. The van der Waals surface area contributed by atoms with Crippen molar-refractivity contribution in [3.8, 4) is 11.1 Å². The molecule has 4 rings (SSSR count). The van der Waals surface area contributed by atoms with Gasteiger partial charge in [0.15, 0.2) is 0 Å². The molecule has 1 aliphatic carbocycles. The average molecular weight is 365 g/mol. The van der Waals surface area contributed by atoms with Crippen LogP contribution in [-0.2, 0) is 5.60 Å². The molecule has 3 aromatic carbocycles. The Balaban J connectivity index is 2.03. The molecule has 112 valence electrons. The van der Waals surface area contributed by atoms with Crippen molar-refractivity contribution in [3.63, 3.8) is 0 Å². The van der Waals surface area contributed by atoms with Gasteiger partial charge in [-0.1, -0.05) is 70.5 Å². The van der Waals surface area contributed by atoms with Crippen LogP contribution in [0.2, 0.25) is 0 Å². The van der Waals surface area contributed by atoms with E-state index in [0.717, 1.165) is 38.6 Å². The number of fused-ring (bicyclic) bond motifs is 3. The number of aldehydes is 1. The van der Waals surface area contributed by atoms with Gasteiger partial charge in [0, 0.05) is 21.2 Å². The number of aliphatic hydroxyl groups is 1. The number of benzene rings is 3. The van der Waals surface area contributed by atoms with Crippen LogP contribution in [0.1, 0.15) is 27.0 Å². The smallest absolute Gasteiger partial charge is 0.150 e. The summed E-state index contributed by atoms with van der Waals surface area (Å²) in [6.07, 6.45) is 0.807. The molecule has 0 saturated heterocycles. The molecule has 3 aromatic rings. The summed E-state index contributed by atoms with van der Waals surface area (Å²) < 4.78 is 0.923. The summed E-state index contributed by atoms with van der Waals surface area (Å²) in [6.45, 7) is 0. The Morgan fingerprint density at radius 1 is 0.870 bits per heavy atom. The lowest BCUT2D eigenvalue weighted by Crippen LogP contribution is -2.26. The van der Waals surface area contributed by atoms with Crippen molar-refractivity contribution in [2.75, 3.05) is 0 Å². The first-order valence-electron chi connectivity index (χ1n) is 7.32. The minimum atomic E-state index is -1.21. The molecule has 1 N–H and O–H groups in total. The lowest BCUT2D eigenvalue weighted by atomic mass is 9.84. The number of carbonyl (C=O) groups is 1. The van der Waals surface area contributed by atoms with Crippen LogP contribution >= 0.6 is 15.9 Å². The molecule has 1 aliphatic rings. The molecule has 0 aliphatic heterocycles. The Hall–Kier alpha value is -2.23. The van der Waals surface area contributed by atoms with Crippen LogP contribution in [0.4, 0.5) is 0 Å². The molecule has 0 amide bonds. The van der Waals surface area contributed by atoms with Gasteiger partial charge in [0.25, 0.3) is 0 Å². The molecule has 1 atom stereocenters. The number of hydrogen-bond acceptors (Lipinski definition) is 2. The quantitative estimate of drug-likeness (QED) is 0.678. The third-order valence-electron chi connectivity index (χ3n) is 4.44. The van der Waals surface area contributed by atoms with Crippen LogP contribution in [0.25, 0.3) is 11.1 Å². The first-order chi connectivity index (χ1) is 11.1. The number of rotatable bonds is 2. The highest BCUT2D eigenvalue weighted by Crippen LogP contribution is 2.51. The molecule has 0 aromatic heterocycles. The summed E-state index contributed by atoms with van der Waals surface area (Å²) in [5.41, 5.74) is 3.93. The fourth-order valence-electron chi connectivity index (χ4n) is 3.34. The van der Waals surface area contributed by atoms with Gasteiger partial charge >= 0.3 is 0 Å². The maximum absolute atomic E-state index is 11.6. The largest absolute Gasteiger partial charge is 0.376 e. The van der Waals surface area contributed by atoms with Gasteiger partial charge in [-0.15, -0.1) is 0 Å². The number of carbonyl (C=O) groups excluding carboxylic acids is 1. The van der Waals surface area contributed by atoms with Gasteiger partial charge in [0.2, 0.25) is 0 Å². The van der Waals surface area contributed by atoms with Gasteiger partial charge in [-0.25, -0.2) is 0 Å². The summed E-state index contributed by atoms with van der Waals surface area (Å²) in [5.74, 6) is 0. The summed E-state index contributed by atoms with van der Waals surface area (Å²) in [6, 6.07) is 21.0. The van der Waals surface area contributed by atoms with E-state index in [4.69, 9.17) is 0 Å². The maximum Gasteiger partial charge on any atom is 0.150 e. The minimum Gasteiger partial charge on any atom is -0.376 e. The summed E-state index contributed by atoms with van der Waals surface area (Å²) in [4.78, 5) is 10.9. The van der Waals surface area contributed by atoms with Gasteiger partial charge in [-0.05, 0) is 28.8 Å². The Morgan fingerprint density at radius 3 is 2.30 bits per heavy atom. The van der Waals surface area contributed by atoms with Gasteiger partial charge in [-0.3, -0.25) is 4.79 Å². The Bertz CT molecular complexity index is 915. The third-order valence-corrected chi connectivity index (χ3v) is 4.94. The Kier molecular flexibility index (Phi) is 3.22. The normalized spacial score (nSPS) is 18.3. The highest BCUT2D eigenvalue weighted by atomic mass is 79.9. The zero-order valence-corrected chi connectivity index (χ0v) is 13.7. The molecule has 0 bridgehead atoms. The zero-order chi connectivity index (χ0) is 16.0. The second kappa shape index (κ2) is 5.15. The molecule has 23 heavy (non-hydrogen) atoms. The highest BCUT2D eigenvalue weighted by molar-refractivity contribution is 9.10. The van der Waals surface area contributed by atoms with Crippen molar-refractivity contribution in [1.29, 1.82) is 0 Å². The SMILES string of the molecule is O=Cc1ccc(C2(O)c3ccccc3-c3ccc(Br)cc32)cc1. The highest BCUT2D eigenvalue weighted by Gasteiger charge is 2.42. The van der Waals surface area contributed by atoms with Crippen LogP contribution in [0.5, 0.6) is 0 Å². The van der Waals surface area contributed by atoms with Crippen LogP contribution < -0.4 is 0 Å². The topological polar surface area (TPSA) is 37.3 Å². The van der Waals surface area contributed by atoms with E-state index in [1.807, 2.05) is 54.6 Å². The van der Waals surface area contributed by atoms with Gasteiger partial charge in [0.1, 0.15) is 11.9 Å². The van der Waals surface area contributed by atoms with E-state index < -0.39 is 5.60 Å². The van der Waals surface area contributed by atoms with Crippen molar-refractivity contribution in [3.05, 3.63) is 93.5 Å². The number of hydrogen-bond donors (Lipinski definition) is 1. The predicted octanol–water partition coefficient (Wildman–Crippen LogP) is 4.53. The van der Waals surface area contributed by atoms with Crippen molar-refractivity contribution >= 4 is 22.2 Å². The first-order valence-corrected chi connectivity index (χ1v) is 8.12. The monoisotopic (exact) mass is 364 g/mol. The van der Waals surface area contributed by atoms with E-state index in [-0.39, 0.29) is 0 Å². The van der Waals surface area contributed by atoms with Crippen molar-refractivity contribution in [2.24, 2.45) is 0 Å².